The minimum Gasteiger partial charge on any atom is -0.481 e. The van der Waals surface area contributed by atoms with Crippen molar-refractivity contribution in [1.82, 2.24) is 10.2 Å². The van der Waals surface area contributed by atoms with Crippen LogP contribution in [0.1, 0.15) is 18.4 Å². The molecule has 6 nitrogen and oxygen atoms in total. The van der Waals surface area contributed by atoms with Crippen LogP contribution in [-0.4, -0.2) is 48.2 Å². The average molecular weight is 306 g/mol. The maximum atomic E-state index is 11.6. The van der Waals surface area contributed by atoms with Gasteiger partial charge in [-0.25, -0.2) is 4.79 Å². The fourth-order valence-corrected chi connectivity index (χ4v) is 2.49. The molecule has 1 heterocycles. The van der Waals surface area contributed by atoms with Gasteiger partial charge in [0.15, 0.2) is 0 Å². The molecule has 0 bridgehead atoms. The van der Waals surface area contributed by atoms with E-state index in [0.717, 1.165) is 18.7 Å². The topological polar surface area (TPSA) is 78.9 Å². The third-order valence-electron chi connectivity index (χ3n) is 3.85. The van der Waals surface area contributed by atoms with Crippen LogP contribution in [0.2, 0.25) is 0 Å². The molecular formula is C16H22N2O4. The van der Waals surface area contributed by atoms with Gasteiger partial charge in [-0.3, -0.25) is 4.79 Å². The Morgan fingerprint density at radius 3 is 2.55 bits per heavy atom. The van der Waals surface area contributed by atoms with Crippen LogP contribution in [0.15, 0.2) is 30.3 Å². The molecule has 0 atom stereocenters. The Balaban J connectivity index is 1.57. The molecule has 0 spiro atoms. The van der Waals surface area contributed by atoms with E-state index in [1.54, 1.807) is 0 Å². The van der Waals surface area contributed by atoms with Crippen LogP contribution >= 0.6 is 0 Å². The van der Waals surface area contributed by atoms with E-state index in [-0.39, 0.29) is 12.5 Å². The molecule has 0 radical (unpaired) electrons. The Kier molecular flexibility index (Phi) is 6.21. The van der Waals surface area contributed by atoms with Crippen LogP contribution < -0.4 is 5.32 Å². The predicted molar refractivity (Wildman–Crippen MR) is 81.4 cm³/mol. The summed E-state index contributed by atoms with van der Waals surface area (Å²) in [5.41, 5.74) is 0.952. The van der Waals surface area contributed by atoms with Gasteiger partial charge in [0, 0.05) is 13.1 Å². The van der Waals surface area contributed by atoms with Gasteiger partial charge in [0.1, 0.15) is 6.61 Å². The van der Waals surface area contributed by atoms with E-state index < -0.39 is 12.1 Å². The normalized spacial score (nSPS) is 16.2. The number of carbonyl (C=O) groups is 2. The molecule has 2 rings (SSSR count). The van der Waals surface area contributed by atoms with Crippen molar-refractivity contribution in [2.75, 3.05) is 26.2 Å². The molecule has 1 aliphatic heterocycles. The number of nitrogens with one attached hydrogen (secondary N) is 1. The summed E-state index contributed by atoms with van der Waals surface area (Å²) in [6, 6.07) is 9.52. The van der Waals surface area contributed by atoms with Crippen LogP contribution in [-0.2, 0) is 16.1 Å². The molecule has 1 fully saturated rings. The Labute approximate surface area is 130 Å². The predicted octanol–water partition coefficient (Wildman–Crippen LogP) is 1.71. The second-order valence-electron chi connectivity index (χ2n) is 5.44. The number of carboxylic acid groups (broad SMARTS) is 1. The lowest BCUT2D eigenvalue weighted by Gasteiger charge is -2.29. The minimum atomic E-state index is -0.706. The fourth-order valence-electron chi connectivity index (χ4n) is 2.49. The number of amides is 1. The number of benzene rings is 1. The third-order valence-corrected chi connectivity index (χ3v) is 3.85. The number of likely N-dealkylation sites (tertiary alicyclic amines) is 1. The van der Waals surface area contributed by atoms with Crippen molar-refractivity contribution >= 4 is 12.1 Å². The quantitative estimate of drug-likeness (QED) is 0.836. The van der Waals surface area contributed by atoms with Crippen molar-refractivity contribution in [3.8, 4) is 0 Å². The van der Waals surface area contributed by atoms with E-state index in [1.807, 2.05) is 30.3 Å². The molecule has 1 amide bonds. The van der Waals surface area contributed by atoms with Crippen LogP contribution in [0.25, 0.3) is 0 Å². The van der Waals surface area contributed by atoms with E-state index in [0.29, 0.717) is 25.9 Å². The van der Waals surface area contributed by atoms with Gasteiger partial charge in [-0.05, 0) is 31.5 Å². The molecule has 1 saturated heterocycles. The number of rotatable bonds is 6. The Morgan fingerprint density at radius 1 is 1.23 bits per heavy atom. The van der Waals surface area contributed by atoms with Gasteiger partial charge >= 0.3 is 12.1 Å². The lowest BCUT2D eigenvalue weighted by Crippen LogP contribution is -2.41. The van der Waals surface area contributed by atoms with Crippen molar-refractivity contribution in [2.24, 2.45) is 5.92 Å². The van der Waals surface area contributed by atoms with Crippen molar-refractivity contribution in [3.63, 3.8) is 0 Å². The Bertz CT molecular complexity index is 484. The summed E-state index contributed by atoms with van der Waals surface area (Å²) in [4.78, 5) is 24.6. The van der Waals surface area contributed by atoms with E-state index in [9.17, 15) is 9.59 Å². The zero-order valence-electron chi connectivity index (χ0n) is 12.5. The van der Waals surface area contributed by atoms with Gasteiger partial charge in [0.2, 0.25) is 0 Å². The van der Waals surface area contributed by atoms with Gasteiger partial charge in [-0.15, -0.1) is 0 Å². The number of carbonyl (C=O) groups excluding carboxylic acids is 1. The largest absolute Gasteiger partial charge is 0.481 e. The number of hydrogen-bond acceptors (Lipinski definition) is 4. The molecule has 6 heteroatoms. The van der Waals surface area contributed by atoms with Crippen molar-refractivity contribution in [2.45, 2.75) is 19.4 Å². The summed E-state index contributed by atoms with van der Waals surface area (Å²) in [5.74, 6) is -0.928. The molecule has 1 aromatic rings. The zero-order valence-corrected chi connectivity index (χ0v) is 12.5. The number of alkyl carbamates (subject to hydrolysis) is 1. The molecule has 0 aromatic heterocycles. The van der Waals surface area contributed by atoms with E-state index in [2.05, 4.69) is 10.2 Å². The van der Waals surface area contributed by atoms with Gasteiger partial charge < -0.3 is 20.1 Å². The molecule has 22 heavy (non-hydrogen) atoms. The van der Waals surface area contributed by atoms with Gasteiger partial charge in [-0.1, -0.05) is 30.3 Å². The van der Waals surface area contributed by atoms with Crippen molar-refractivity contribution in [3.05, 3.63) is 35.9 Å². The van der Waals surface area contributed by atoms with Crippen LogP contribution in [0.4, 0.5) is 4.79 Å². The second-order valence-corrected chi connectivity index (χ2v) is 5.44. The molecule has 0 aliphatic carbocycles. The molecule has 0 unspecified atom stereocenters. The summed E-state index contributed by atoms with van der Waals surface area (Å²) >= 11 is 0. The molecule has 0 saturated carbocycles. The zero-order chi connectivity index (χ0) is 15.8. The van der Waals surface area contributed by atoms with Crippen molar-refractivity contribution < 1.29 is 19.4 Å². The maximum Gasteiger partial charge on any atom is 0.407 e. The average Bonchev–Trinajstić information content (AvgIpc) is 2.54. The number of carboxylic acids is 1. The first-order valence-corrected chi connectivity index (χ1v) is 7.55. The smallest absolute Gasteiger partial charge is 0.407 e. The first-order chi connectivity index (χ1) is 10.6. The summed E-state index contributed by atoms with van der Waals surface area (Å²) in [5, 5.41) is 11.6. The summed E-state index contributed by atoms with van der Waals surface area (Å²) in [7, 11) is 0. The number of piperidine rings is 1. The summed E-state index contributed by atoms with van der Waals surface area (Å²) in [6.07, 6.45) is 0.922. The highest BCUT2D eigenvalue weighted by Gasteiger charge is 2.23. The molecule has 2 N–H and O–H groups in total. The van der Waals surface area contributed by atoms with Crippen LogP contribution in [0, 0.1) is 5.92 Å². The number of nitrogens with zero attached hydrogens (tertiary/aromatic N) is 1. The van der Waals surface area contributed by atoms with E-state index in [4.69, 9.17) is 9.84 Å². The summed E-state index contributed by atoms with van der Waals surface area (Å²) in [6.45, 7) is 3.00. The number of hydrogen-bond donors (Lipinski definition) is 2. The summed E-state index contributed by atoms with van der Waals surface area (Å²) < 4.78 is 5.12. The van der Waals surface area contributed by atoms with Gasteiger partial charge in [-0.2, -0.15) is 0 Å². The minimum absolute atomic E-state index is 0.222. The molecule has 1 aliphatic rings. The number of aliphatic carboxylic acids is 1. The second kappa shape index (κ2) is 8.38. The van der Waals surface area contributed by atoms with Gasteiger partial charge in [0.05, 0.1) is 5.92 Å². The maximum absolute atomic E-state index is 11.6. The van der Waals surface area contributed by atoms with Crippen LogP contribution in [0.3, 0.4) is 0 Å². The van der Waals surface area contributed by atoms with Crippen molar-refractivity contribution in [1.29, 1.82) is 0 Å². The SMILES string of the molecule is O=C(NCCN1CCC(C(=O)O)CC1)OCc1ccccc1. The monoisotopic (exact) mass is 306 g/mol. The fraction of sp³-hybridized carbons (Fsp3) is 0.500. The highest BCUT2D eigenvalue weighted by atomic mass is 16.5. The lowest BCUT2D eigenvalue weighted by molar-refractivity contribution is -0.143. The first kappa shape index (κ1) is 16.3. The van der Waals surface area contributed by atoms with E-state index in [1.165, 1.54) is 0 Å². The Morgan fingerprint density at radius 2 is 1.91 bits per heavy atom. The Hall–Kier alpha value is -2.08. The highest BCUT2D eigenvalue weighted by molar-refractivity contribution is 5.70. The molecular weight excluding hydrogens is 284 g/mol. The lowest BCUT2D eigenvalue weighted by atomic mass is 9.97. The molecule has 1 aromatic carbocycles. The van der Waals surface area contributed by atoms with E-state index >= 15 is 0 Å². The van der Waals surface area contributed by atoms with Crippen LogP contribution in [0.5, 0.6) is 0 Å². The number of ether oxygens (including phenoxy) is 1. The molecule has 120 valence electrons. The van der Waals surface area contributed by atoms with Gasteiger partial charge in [0.25, 0.3) is 0 Å². The third kappa shape index (κ3) is 5.37. The first-order valence-electron chi connectivity index (χ1n) is 7.55. The highest BCUT2D eigenvalue weighted by Crippen LogP contribution is 2.16. The standard InChI is InChI=1S/C16H22N2O4/c19-15(20)14-6-9-18(10-7-14)11-8-17-16(21)22-12-13-4-2-1-3-5-13/h1-5,14H,6-12H2,(H,17,21)(H,19,20).